The van der Waals surface area contributed by atoms with Crippen molar-refractivity contribution in [2.45, 2.75) is 45.6 Å². The average molecular weight is 366 g/mol. The van der Waals surface area contributed by atoms with E-state index < -0.39 is 0 Å². The summed E-state index contributed by atoms with van der Waals surface area (Å²) in [6, 6.07) is 15.2. The first-order valence-corrected chi connectivity index (χ1v) is 9.65. The Hall–Kier alpha value is -1.83. The van der Waals surface area contributed by atoms with Gasteiger partial charge in [0.15, 0.2) is 0 Å². The predicted octanol–water partition coefficient (Wildman–Crippen LogP) is 6.51. The smallest absolute Gasteiger partial charge is 0.0447 e. The molecular formula is C24H28ClN. The molecule has 1 saturated carbocycles. The van der Waals surface area contributed by atoms with Crippen LogP contribution >= 0.6 is 11.6 Å². The highest BCUT2D eigenvalue weighted by Gasteiger charge is 2.48. The molecule has 136 valence electrons. The molecule has 0 spiro atoms. The van der Waals surface area contributed by atoms with E-state index >= 15 is 0 Å². The quantitative estimate of drug-likeness (QED) is 0.575. The summed E-state index contributed by atoms with van der Waals surface area (Å²) in [5, 5.41) is 4.16. The number of nitrogens with one attached hydrogen (secondary N) is 1. The normalized spacial score (nSPS) is 14.8. The van der Waals surface area contributed by atoms with Crippen LogP contribution in [-0.2, 0) is 12.0 Å². The molecule has 2 aromatic carbocycles. The highest BCUT2D eigenvalue weighted by Crippen LogP contribution is 2.56. The molecule has 0 unspecified atom stereocenters. The van der Waals surface area contributed by atoms with E-state index in [1.807, 2.05) is 7.05 Å². The van der Waals surface area contributed by atoms with Crippen LogP contribution in [0.4, 0.5) is 0 Å². The SMILES string of the molecule is C=C(C)C(=C(C)C)c1ccc(Cl)c(C2(c3ccccc3CNC)CC2)c1. The third kappa shape index (κ3) is 3.39. The molecule has 0 aromatic heterocycles. The molecule has 0 radical (unpaired) electrons. The minimum absolute atomic E-state index is 0.0440. The van der Waals surface area contributed by atoms with Gasteiger partial charge < -0.3 is 5.32 Å². The zero-order valence-corrected chi connectivity index (χ0v) is 17.0. The molecule has 0 aliphatic heterocycles. The molecule has 3 rings (SSSR count). The number of halogens is 1. The van der Waals surface area contributed by atoms with Crippen molar-refractivity contribution < 1.29 is 0 Å². The van der Waals surface area contributed by atoms with Crippen LogP contribution in [0.3, 0.4) is 0 Å². The summed E-state index contributed by atoms with van der Waals surface area (Å²) in [5.74, 6) is 0. The first kappa shape index (κ1) is 18.9. The third-order valence-electron chi connectivity index (χ3n) is 5.35. The Morgan fingerprint density at radius 1 is 1.08 bits per heavy atom. The van der Waals surface area contributed by atoms with Crippen molar-refractivity contribution in [3.63, 3.8) is 0 Å². The van der Waals surface area contributed by atoms with Crippen LogP contribution < -0.4 is 5.32 Å². The second kappa shape index (κ2) is 7.42. The van der Waals surface area contributed by atoms with Crippen LogP contribution in [0.25, 0.3) is 5.57 Å². The number of hydrogen-bond acceptors (Lipinski definition) is 1. The van der Waals surface area contributed by atoms with Crippen molar-refractivity contribution in [1.29, 1.82) is 0 Å². The summed E-state index contributed by atoms with van der Waals surface area (Å²) in [5.41, 5.74) is 8.89. The largest absolute Gasteiger partial charge is 0.316 e. The van der Waals surface area contributed by atoms with E-state index in [2.05, 4.69) is 75.1 Å². The van der Waals surface area contributed by atoms with Gasteiger partial charge in [0.1, 0.15) is 0 Å². The van der Waals surface area contributed by atoms with E-state index in [-0.39, 0.29) is 5.41 Å². The number of allylic oxidation sites excluding steroid dienone is 3. The molecule has 0 saturated heterocycles. The second-order valence-corrected chi connectivity index (χ2v) is 8.03. The molecule has 1 aliphatic rings. The topological polar surface area (TPSA) is 12.0 Å². The van der Waals surface area contributed by atoms with Gasteiger partial charge in [-0.1, -0.05) is 59.7 Å². The Morgan fingerprint density at radius 3 is 2.35 bits per heavy atom. The Balaban J connectivity index is 2.14. The van der Waals surface area contributed by atoms with Crippen LogP contribution in [-0.4, -0.2) is 7.05 Å². The molecule has 0 amide bonds. The number of hydrogen-bond donors (Lipinski definition) is 1. The predicted molar refractivity (Wildman–Crippen MR) is 114 cm³/mol. The first-order chi connectivity index (χ1) is 12.4. The van der Waals surface area contributed by atoms with E-state index in [0.717, 1.165) is 30.0 Å². The van der Waals surface area contributed by atoms with Gasteiger partial charge in [0, 0.05) is 17.0 Å². The van der Waals surface area contributed by atoms with Crippen LogP contribution in [0.2, 0.25) is 5.02 Å². The van der Waals surface area contributed by atoms with Crippen molar-refractivity contribution in [3.8, 4) is 0 Å². The van der Waals surface area contributed by atoms with Gasteiger partial charge in [0.2, 0.25) is 0 Å². The Labute approximate surface area is 162 Å². The maximum atomic E-state index is 6.71. The van der Waals surface area contributed by atoms with Gasteiger partial charge >= 0.3 is 0 Å². The van der Waals surface area contributed by atoms with Crippen molar-refractivity contribution in [1.82, 2.24) is 5.32 Å². The van der Waals surface area contributed by atoms with E-state index in [1.165, 1.54) is 33.4 Å². The van der Waals surface area contributed by atoms with Gasteiger partial charge in [0.25, 0.3) is 0 Å². The Morgan fingerprint density at radius 2 is 1.77 bits per heavy atom. The van der Waals surface area contributed by atoms with E-state index in [0.29, 0.717) is 0 Å². The van der Waals surface area contributed by atoms with Crippen molar-refractivity contribution in [2.75, 3.05) is 7.05 Å². The lowest BCUT2D eigenvalue weighted by Crippen LogP contribution is -2.16. The molecule has 2 aromatic rings. The van der Waals surface area contributed by atoms with Gasteiger partial charge in [-0.2, -0.15) is 0 Å². The molecule has 1 aliphatic carbocycles. The summed E-state index contributed by atoms with van der Waals surface area (Å²) in [4.78, 5) is 0. The average Bonchev–Trinajstić information content (AvgIpc) is 3.38. The van der Waals surface area contributed by atoms with Gasteiger partial charge in [-0.3, -0.25) is 0 Å². The summed E-state index contributed by atoms with van der Waals surface area (Å²) in [6.45, 7) is 11.4. The molecule has 1 N–H and O–H groups in total. The van der Waals surface area contributed by atoms with Gasteiger partial charge in [-0.25, -0.2) is 0 Å². The second-order valence-electron chi connectivity index (χ2n) is 7.62. The van der Waals surface area contributed by atoms with Crippen LogP contribution in [0.5, 0.6) is 0 Å². The van der Waals surface area contributed by atoms with Crippen molar-refractivity contribution in [2.24, 2.45) is 0 Å². The van der Waals surface area contributed by atoms with Gasteiger partial charge in [-0.15, -0.1) is 0 Å². The fourth-order valence-corrected chi connectivity index (χ4v) is 4.45. The highest BCUT2D eigenvalue weighted by atomic mass is 35.5. The van der Waals surface area contributed by atoms with Gasteiger partial charge in [0.05, 0.1) is 0 Å². The third-order valence-corrected chi connectivity index (χ3v) is 5.68. The Bertz CT molecular complexity index is 868. The van der Waals surface area contributed by atoms with Crippen molar-refractivity contribution >= 4 is 17.2 Å². The lowest BCUT2D eigenvalue weighted by molar-refractivity contribution is 0.767. The molecule has 1 fully saturated rings. The zero-order valence-electron chi connectivity index (χ0n) is 16.2. The molecule has 0 bridgehead atoms. The minimum Gasteiger partial charge on any atom is -0.316 e. The van der Waals surface area contributed by atoms with Crippen LogP contribution in [0, 0.1) is 0 Å². The maximum absolute atomic E-state index is 6.71. The fraction of sp³-hybridized carbons (Fsp3) is 0.333. The Kier molecular flexibility index (Phi) is 5.41. The summed E-state index contributed by atoms with van der Waals surface area (Å²) in [6.07, 6.45) is 2.29. The monoisotopic (exact) mass is 365 g/mol. The van der Waals surface area contributed by atoms with E-state index in [4.69, 9.17) is 11.6 Å². The molecule has 26 heavy (non-hydrogen) atoms. The molecular weight excluding hydrogens is 338 g/mol. The molecule has 1 nitrogen and oxygen atoms in total. The summed E-state index contributed by atoms with van der Waals surface area (Å²) >= 11 is 6.71. The lowest BCUT2D eigenvalue weighted by Gasteiger charge is -2.23. The summed E-state index contributed by atoms with van der Waals surface area (Å²) in [7, 11) is 2.00. The maximum Gasteiger partial charge on any atom is 0.0447 e. The van der Waals surface area contributed by atoms with Crippen molar-refractivity contribution in [3.05, 3.63) is 87.5 Å². The standard InChI is InChI=1S/C24H28ClN/c1-16(2)23(17(3)4)18-10-11-22(25)21(14-18)24(12-13-24)20-9-7-6-8-19(20)15-26-5/h6-11,14,26H,1,12-13,15H2,2-5H3. The zero-order chi connectivity index (χ0) is 18.9. The molecule has 0 heterocycles. The molecule has 0 atom stereocenters. The lowest BCUT2D eigenvalue weighted by atomic mass is 9.83. The highest BCUT2D eigenvalue weighted by molar-refractivity contribution is 6.31. The summed E-state index contributed by atoms with van der Waals surface area (Å²) < 4.78 is 0. The van der Waals surface area contributed by atoms with Crippen LogP contribution in [0.1, 0.15) is 55.9 Å². The van der Waals surface area contributed by atoms with Gasteiger partial charge in [-0.05, 0) is 80.6 Å². The fourth-order valence-electron chi connectivity index (χ4n) is 4.15. The van der Waals surface area contributed by atoms with Crippen LogP contribution in [0.15, 0.2) is 60.2 Å². The van der Waals surface area contributed by atoms with E-state index in [9.17, 15) is 0 Å². The minimum atomic E-state index is 0.0440. The number of rotatable bonds is 6. The first-order valence-electron chi connectivity index (χ1n) is 9.27. The number of benzene rings is 2. The molecule has 2 heteroatoms. The van der Waals surface area contributed by atoms with E-state index in [1.54, 1.807) is 0 Å².